The van der Waals surface area contributed by atoms with Gasteiger partial charge in [-0.1, -0.05) is 296 Å². The van der Waals surface area contributed by atoms with E-state index in [1.165, 1.54) is 150 Å². The van der Waals surface area contributed by atoms with E-state index in [1.54, 1.807) is 0 Å². The Morgan fingerprint density at radius 1 is 0.280 bits per heavy atom. The van der Waals surface area contributed by atoms with Gasteiger partial charge in [0.2, 0.25) is 0 Å². The molecule has 502 valence electrons. The van der Waals surface area contributed by atoms with Crippen LogP contribution in [0.2, 0.25) is 0 Å². The molecule has 0 N–H and O–H groups in total. The number of rotatable bonds is 7. The fourth-order valence-corrected chi connectivity index (χ4v) is 18.5. The van der Waals surface area contributed by atoms with Crippen molar-refractivity contribution in [3.05, 3.63) is 263 Å². The highest BCUT2D eigenvalue weighted by atomic mass is 15.2. The summed E-state index contributed by atoms with van der Waals surface area (Å²) >= 11 is 0. The zero-order valence-electron chi connectivity index (χ0n) is 63.1. The Hall–Kier alpha value is -9.12. The molecule has 0 bridgehead atoms. The topological polar surface area (TPSA) is 11.4 Å². The molecular weight excluding hydrogens is 1210 g/mol. The number of hydrogen-bond acceptors (Lipinski definition) is 2. The minimum absolute atomic E-state index is 0.0588. The Morgan fingerprint density at radius 2 is 0.600 bits per heavy atom. The highest BCUT2D eigenvalue weighted by Gasteiger charge is 2.46. The molecule has 100 heavy (non-hydrogen) atoms. The van der Waals surface area contributed by atoms with Crippen LogP contribution in [0.4, 0.5) is 34.1 Å². The van der Waals surface area contributed by atoms with Crippen molar-refractivity contribution in [3.8, 4) is 50.2 Å². The van der Waals surface area contributed by atoms with Crippen molar-refractivity contribution < 1.29 is 0 Å². The average molecular weight is 1310 g/mol. The summed E-state index contributed by atoms with van der Waals surface area (Å²) in [5.74, 6) is 0. The Kier molecular flexibility index (Phi) is 14.5. The van der Waals surface area contributed by atoms with Crippen LogP contribution in [-0.2, 0) is 43.3 Å². The Balaban J connectivity index is 0.990. The van der Waals surface area contributed by atoms with E-state index >= 15 is 0 Å². The summed E-state index contributed by atoms with van der Waals surface area (Å²) in [6.07, 6.45) is 2.27. The highest BCUT2D eigenvalue weighted by molar-refractivity contribution is 7.00. The van der Waals surface area contributed by atoms with Gasteiger partial charge in [-0.3, -0.25) is 0 Å². The van der Waals surface area contributed by atoms with Crippen LogP contribution in [0, 0.1) is 0 Å². The third kappa shape index (κ3) is 10.7. The van der Waals surface area contributed by atoms with Gasteiger partial charge in [0.15, 0.2) is 0 Å². The van der Waals surface area contributed by atoms with Crippen molar-refractivity contribution in [1.82, 2.24) is 4.57 Å². The van der Waals surface area contributed by atoms with Crippen molar-refractivity contribution in [2.45, 2.75) is 195 Å². The SMILES string of the molecule is CC(C)(C)c1cc(-c2ccc3c(c2)N(c2ccc(-c4ccc5c(c4)C(C)(C)CC5(C)C)cc2)c2cc(-n4c5ccccc5c5ccccc54)cc4c2B3c2ccc(-c3cc(C(C)(C)C)cc(C(C)(C)C)c3)cc2N4c2ccc(-c3ccc4c(c3)C(C)(C)CC4(C)C)cc2)cc(C(C)(C)C)c1. The van der Waals surface area contributed by atoms with E-state index < -0.39 is 0 Å². The smallest absolute Gasteiger partial charge is 0.252 e. The third-order valence-corrected chi connectivity index (χ3v) is 23.5. The number of hydrogen-bond donors (Lipinski definition) is 0. The van der Waals surface area contributed by atoms with E-state index in [2.05, 4.69) is 371 Å². The lowest BCUT2D eigenvalue weighted by atomic mass is 9.33. The Morgan fingerprint density at radius 3 is 0.960 bits per heavy atom. The van der Waals surface area contributed by atoms with Gasteiger partial charge >= 0.3 is 0 Å². The van der Waals surface area contributed by atoms with Crippen molar-refractivity contribution >= 4 is 79.0 Å². The summed E-state index contributed by atoms with van der Waals surface area (Å²) < 4.78 is 2.54. The van der Waals surface area contributed by atoms with Gasteiger partial charge in [-0.2, -0.15) is 0 Å². The summed E-state index contributed by atoms with van der Waals surface area (Å²) in [4.78, 5) is 5.29. The number of para-hydroxylation sites is 2. The van der Waals surface area contributed by atoms with Gasteiger partial charge in [0, 0.05) is 44.9 Å². The summed E-state index contributed by atoms with van der Waals surface area (Å²) in [6, 6.07) is 86.6. The molecule has 0 spiro atoms. The zero-order chi connectivity index (χ0) is 70.5. The second-order valence-electron chi connectivity index (χ2n) is 37.0. The number of aromatic nitrogens is 1. The lowest BCUT2D eigenvalue weighted by Gasteiger charge is -2.44. The molecule has 16 rings (SSSR count). The maximum atomic E-state index is 2.64. The zero-order valence-corrected chi connectivity index (χ0v) is 63.1. The lowest BCUT2D eigenvalue weighted by Crippen LogP contribution is -2.61. The summed E-state index contributed by atoms with van der Waals surface area (Å²) in [6.45, 7) is 47.5. The average Bonchev–Trinajstić information content (AvgIpc) is 0.898. The largest absolute Gasteiger partial charge is 0.311 e. The van der Waals surface area contributed by atoms with Crippen LogP contribution in [0.3, 0.4) is 0 Å². The van der Waals surface area contributed by atoms with Gasteiger partial charge in [-0.05, 0) is 222 Å². The molecule has 2 aliphatic heterocycles. The first-order valence-corrected chi connectivity index (χ1v) is 36.9. The molecule has 0 radical (unpaired) electrons. The summed E-state index contributed by atoms with van der Waals surface area (Å²) in [5, 5.41) is 2.48. The molecule has 0 unspecified atom stereocenters. The van der Waals surface area contributed by atoms with E-state index in [9.17, 15) is 0 Å². The molecule has 11 aromatic carbocycles. The van der Waals surface area contributed by atoms with E-state index in [0.717, 1.165) is 29.9 Å². The number of anilines is 6. The van der Waals surface area contributed by atoms with Crippen LogP contribution in [-0.4, -0.2) is 11.3 Å². The van der Waals surface area contributed by atoms with Crippen molar-refractivity contribution in [2.75, 3.05) is 9.80 Å². The van der Waals surface area contributed by atoms with Gasteiger partial charge in [0.05, 0.1) is 16.7 Å². The van der Waals surface area contributed by atoms with Gasteiger partial charge in [0.1, 0.15) is 0 Å². The Bertz CT molecular complexity index is 4950. The minimum atomic E-state index is -0.133. The van der Waals surface area contributed by atoms with Gasteiger partial charge < -0.3 is 14.4 Å². The third-order valence-electron chi connectivity index (χ3n) is 23.5. The normalized spacial score (nSPS) is 16.4. The number of fused-ring (bicyclic) bond motifs is 9. The molecule has 3 nitrogen and oxygen atoms in total. The van der Waals surface area contributed by atoms with Crippen LogP contribution >= 0.6 is 0 Å². The quantitative estimate of drug-likeness (QED) is 0.147. The summed E-state index contributed by atoms with van der Waals surface area (Å²) in [5.41, 5.74) is 35.6. The molecule has 12 aromatic rings. The van der Waals surface area contributed by atoms with Crippen molar-refractivity contribution in [2.24, 2.45) is 0 Å². The lowest BCUT2D eigenvalue weighted by molar-refractivity contribution is 0.402. The molecule has 0 atom stereocenters. The van der Waals surface area contributed by atoms with Crippen molar-refractivity contribution in [1.29, 1.82) is 0 Å². The predicted molar refractivity (Wildman–Crippen MR) is 433 cm³/mol. The molecular formula is C96H100BN3. The number of nitrogens with zero attached hydrogens (tertiary/aromatic N) is 3. The first kappa shape index (κ1) is 65.5. The predicted octanol–water partition coefficient (Wildman–Crippen LogP) is 24.6. The second kappa shape index (κ2) is 22.2. The van der Waals surface area contributed by atoms with Gasteiger partial charge in [-0.25, -0.2) is 0 Å². The first-order chi connectivity index (χ1) is 47.0. The van der Waals surface area contributed by atoms with Crippen LogP contribution in [0.5, 0.6) is 0 Å². The van der Waals surface area contributed by atoms with Crippen molar-refractivity contribution in [3.63, 3.8) is 0 Å². The van der Waals surface area contributed by atoms with E-state index in [-0.39, 0.29) is 50.0 Å². The standard InChI is InChI=1S/C96H100BN3/c1-89(2,3)67-45-65(46-68(53-67)90(4,5)6)63-35-43-80-84(51-63)98(71-37-29-59(30-38-71)61-33-41-76-78(49-61)95(17,18)57-93(76,13)14)86-55-73(100-82-27-23-21-25-74(82)75-26-22-24-28-83(75)100)56-87-88(86)97(80)81-44-36-64(66-47-69(91(7,8)9)54-70(48-66)92(10,11)12)52-85(81)99(87)72-39-31-60(32-40-72)62-34-42-77-79(50-62)96(19,20)58-94(77,15)16/h21-56H,57-58H2,1-20H3. The second-order valence-corrected chi connectivity index (χ2v) is 37.0. The molecule has 4 aliphatic rings. The molecule has 0 amide bonds. The van der Waals surface area contributed by atoms with Crippen LogP contribution < -0.4 is 26.2 Å². The molecule has 0 fully saturated rings. The first-order valence-electron chi connectivity index (χ1n) is 36.9. The van der Waals surface area contributed by atoms with E-state index in [4.69, 9.17) is 0 Å². The Labute approximate surface area is 597 Å². The fourth-order valence-electron chi connectivity index (χ4n) is 18.5. The van der Waals surface area contributed by atoms with Crippen LogP contribution in [0.1, 0.15) is 196 Å². The van der Waals surface area contributed by atoms with Crippen LogP contribution in [0.25, 0.3) is 72.0 Å². The summed E-state index contributed by atoms with van der Waals surface area (Å²) in [7, 11) is 0. The van der Waals surface area contributed by atoms with Crippen LogP contribution in [0.15, 0.2) is 218 Å². The molecule has 3 heterocycles. The minimum Gasteiger partial charge on any atom is -0.311 e. The molecule has 4 heteroatoms. The number of benzene rings is 11. The highest BCUT2D eigenvalue weighted by Crippen LogP contribution is 2.54. The maximum Gasteiger partial charge on any atom is 0.252 e. The van der Waals surface area contributed by atoms with E-state index in [0.29, 0.717) is 0 Å². The maximum absolute atomic E-state index is 2.64. The van der Waals surface area contributed by atoms with Gasteiger partial charge in [0.25, 0.3) is 6.71 Å². The molecule has 1 aromatic heterocycles. The monoisotopic (exact) mass is 1310 g/mol. The fraction of sp³-hybridized carbons (Fsp3) is 0.312. The van der Waals surface area contributed by atoms with Gasteiger partial charge in [-0.15, -0.1) is 0 Å². The molecule has 0 saturated heterocycles. The molecule has 2 aliphatic carbocycles. The molecule has 0 saturated carbocycles. The van der Waals surface area contributed by atoms with E-state index in [1.807, 2.05) is 0 Å².